The van der Waals surface area contributed by atoms with Crippen molar-refractivity contribution in [3.05, 3.63) is 41.7 Å². The number of alkyl halides is 2. The van der Waals surface area contributed by atoms with Gasteiger partial charge in [-0.25, -0.2) is 0 Å². The molecule has 0 radical (unpaired) electrons. The maximum atomic E-state index is 12.1. The lowest BCUT2D eigenvalue weighted by molar-refractivity contribution is -0.0498. The summed E-state index contributed by atoms with van der Waals surface area (Å²) < 4.78 is 30.0. The third kappa shape index (κ3) is 3.31. The summed E-state index contributed by atoms with van der Waals surface area (Å²) in [5.41, 5.74) is 1.41. The standard InChI is InChI=1S/C13H13F2N3O2/c1-8-7-9(20-13(14)15)3-4-10(8)16-12(19)11-5-6-18(2)17-11/h3-7,13H,1-2H3,(H,16,19). The Morgan fingerprint density at radius 2 is 2.15 bits per heavy atom. The van der Waals surface area contributed by atoms with Crippen LogP contribution >= 0.6 is 0 Å². The van der Waals surface area contributed by atoms with Gasteiger partial charge in [-0.2, -0.15) is 13.9 Å². The van der Waals surface area contributed by atoms with Gasteiger partial charge in [0.25, 0.3) is 5.91 Å². The number of anilines is 1. The van der Waals surface area contributed by atoms with Crippen LogP contribution in [0.1, 0.15) is 16.1 Å². The van der Waals surface area contributed by atoms with Crippen molar-refractivity contribution in [1.29, 1.82) is 0 Å². The summed E-state index contributed by atoms with van der Waals surface area (Å²) in [4.78, 5) is 11.9. The molecule has 0 saturated heterocycles. The van der Waals surface area contributed by atoms with Crippen LogP contribution in [0, 0.1) is 6.92 Å². The number of halogens is 2. The van der Waals surface area contributed by atoms with Crippen molar-refractivity contribution in [2.45, 2.75) is 13.5 Å². The zero-order valence-corrected chi connectivity index (χ0v) is 10.9. The van der Waals surface area contributed by atoms with Gasteiger partial charge < -0.3 is 10.1 Å². The van der Waals surface area contributed by atoms with E-state index in [0.717, 1.165) is 0 Å². The van der Waals surface area contributed by atoms with Gasteiger partial charge in [0.1, 0.15) is 5.75 Å². The second-order valence-electron chi connectivity index (χ2n) is 4.18. The molecule has 20 heavy (non-hydrogen) atoms. The van der Waals surface area contributed by atoms with Crippen LogP contribution in [0.15, 0.2) is 30.5 Å². The van der Waals surface area contributed by atoms with Crippen molar-refractivity contribution in [2.24, 2.45) is 7.05 Å². The van der Waals surface area contributed by atoms with E-state index in [1.54, 1.807) is 26.2 Å². The van der Waals surface area contributed by atoms with Crippen molar-refractivity contribution < 1.29 is 18.3 Å². The third-order valence-electron chi connectivity index (χ3n) is 2.62. The van der Waals surface area contributed by atoms with Crippen LogP contribution in [0.2, 0.25) is 0 Å². The first kappa shape index (κ1) is 14.0. The molecule has 1 heterocycles. The van der Waals surface area contributed by atoms with Crippen LogP contribution in [-0.2, 0) is 7.05 Å². The Morgan fingerprint density at radius 3 is 2.70 bits per heavy atom. The molecule has 1 aromatic heterocycles. The lowest BCUT2D eigenvalue weighted by Crippen LogP contribution is -2.14. The number of amides is 1. The molecule has 1 aromatic carbocycles. The molecule has 0 atom stereocenters. The second-order valence-corrected chi connectivity index (χ2v) is 4.18. The van der Waals surface area contributed by atoms with Crippen molar-refractivity contribution >= 4 is 11.6 Å². The molecule has 0 aliphatic heterocycles. The highest BCUT2D eigenvalue weighted by atomic mass is 19.3. The summed E-state index contributed by atoms with van der Waals surface area (Å²) in [5.74, 6) is -0.315. The third-order valence-corrected chi connectivity index (χ3v) is 2.62. The molecule has 0 aliphatic carbocycles. The Hall–Kier alpha value is -2.44. The van der Waals surface area contributed by atoms with E-state index in [2.05, 4.69) is 15.2 Å². The number of carbonyl (C=O) groups excluding carboxylic acids is 1. The van der Waals surface area contributed by atoms with E-state index in [1.165, 1.54) is 22.9 Å². The van der Waals surface area contributed by atoms with Crippen molar-refractivity contribution in [3.63, 3.8) is 0 Å². The molecule has 7 heteroatoms. The molecule has 5 nitrogen and oxygen atoms in total. The average Bonchev–Trinajstić information content (AvgIpc) is 2.78. The number of benzene rings is 1. The summed E-state index contributed by atoms with van der Waals surface area (Å²) in [6.07, 6.45) is 1.65. The van der Waals surface area contributed by atoms with Gasteiger partial charge in [-0.1, -0.05) is 0 Å². The number of aromatic nitrogens is 2. The highest BCUT2D eigenvalue weighted by Crippen LogP contribution is 2.23. The van der Waals surface area contributed by atoms with Crippen molar-refractivity contribution in [2.75, 3.05) is 5.32 Å². The maximum absolute atomic E-state index is 12.1. The fraction of sp³-hybridized carbons (Fsp3) is 0.231. The molecular weight excluding hydrogens is 268 g/mol. The zero-order chi connectivity index (χ0) is 14.7. The quantitative estimate of drug-likeness (QED) is 0.937. The number of ether oxygens (including phenoxy) is 1. The number of hydrogen-bond acceptors (Lipinski definition) is 3. The minimum absolute atomic E-state index is 0.0494. The molecule has 0 aliphatic rings. The van der Waals surface area contributed by atoms with E-state index in [4.69, 9.17) is 0 Å². The summed E-state index contributed by atoms with van der Waals surface area (Å²) in [7, 11) is 1.71. The molecule has 1 amide bonds. The number of nitrogens with zero attached hydrogens (tertiary/aromatic N) is 2. The molecule has 0 saturated carbocycles. The minimum atomic E-state index is -2.87. The van der Waals surface area contributed by atoms with Gasteiger partial charge in [-0.15, -0.1) is 0 Å². The fourth-order valence-electron chi connectivity index (χ4n) is 1.68. The number of nitrogens with one attached hydrogen (secondary N) is 1. The van der Waals surface area contributed by atoms with Crippen LogP contribution in [-0.4, -0.2) is 22.3 Å². The van der Waals surface area contributed by atoms with E-state index >= 15 is 0 Å². The van der Waals surface area contributed by atoms with E-state index in [0.29, 0.717) is 11.3 Å². The number of carbonyl (C=O) groups is 1. The summed E-state index contributed by atoms with van der Waals surface area (Å²) in [6, 6.07) is 5.89. The molecular formula is C13H13F2N3O2. The number of rotatable bonds is 4. The first-order chi connectivity index (χ1) is 9.45. The van der Waals surface area contributed by atoms with Crippen molar-refractivity contribution in [1.82, 2.24) is 9.78 Å². The molecule has 106 valence electrons. The monoisotopic (exact) mass is 281 g/mol. The Bertz CT molecular complexity index is 626. The fourth-order valence-corrected chi connectivity index (χ4v) is 1.68. The minimum Gasteiger partial charge on any atom is -0.435 e. The second kappa shape index (κ2) is 5.68. The molecule has 2 aromatic rings. The van der Waals surface area contributed by atoms with Gasteiger partial charge in [0.2, 0.25) is 0 Å². The summed E-state index contributed by atoms with van der Waals surface area (Å²) in [5, 5.41) is 6.64. The topological polar surface area (TPSA) is 56.1 Å². The maximum Gasteiger partial charge on any atom is 0.387 e. The Kier molecular flexibility index (Phi) is 3.97. The van der Waals surface area contributed by atoms with E-state index < -0.39 is 6.61 Å². The van der Waals surface area contributed by atoms with Gasteiger partial charge in [-0.05, 0) is 36.8 Å². The average molecular weight is 281 g/mol. The number of hydrogen-bond donors (Lipinski definition) is 1. The lowest BCUT2D eigenvalue weighted by atomic mass is 10.2. The number of aryl methyl sites for hydroxylation is 2. The summed E-state index contributed by atoms with van der Waals surface area (Å²) >= 11 is 0. The summed E-state index contributed by atoms with van der Waals surface area (Å²) in [6.45, 7) is -1.19. The first-order valence-electron chi connectivity index (χ1n) is 5.82. The molecule has 1 N–H and O–H groups in total. The van der Waals surface area contributed by atoms with Gasteiger partial charge >= 0.3 is 6.61 Å². The normalized spacial score (nSPS) is 10.7. The van der Waals surface area contributed by atoms with E-state index in [1.807, 2.05) is 0 Å². The Labute approximate surface area is 114 Å². The molecule has 0 unspecified atom stereocenters. The SMILES string of the molecule is Cc1cc(OC(F)F)ccc1NC(=O)c1ccn(C)n1. The predicted octanol–water partition coefficient (Wildman–Crippen LogP) is 2.58. The Balaban J connectivity index is 2.11. The van der Waals surface area contributed by atoms with Gasteiger partial charge in [-0.3, -0.25) is 9.48 Å². The van der Waals surface area contributed by atoms with Crippen LogP contribution in [0.25, 0.3) is 0 Å². The molecule has 0 bridgehead atoms. The molecule has 2 rings (SSSR count). The van der Waals surface area contributed by atoms with Gasteiger partial charge in [0.15, 0.2) is 5.69 Å². The zero-order valence-electron chi connectivity index (χ0n) is 10.9. The van der Waals surface area contributed by atoms with Gasteiger partial charge in [0.05, 0.1) is 0 Å². The van der Waals surface area contributed by atoms with Crippen LogP contribution in [0.4, 0.5) is 14.5 Å². The van der Waals surface area contributed by atoms with Crippen LogP contribution in [0.5, 0.6) is 5.75 Å². The lowest BCUT2D eigenvalue weighted by Gasteiger charge is -2.10. The first-order valence-corrected chi connectivity index (χ1v) is 5.82. The van der Waals surface area contributed by atoms with Crippen LogP contribution < -0.4 is 10.1 Å². The molecule has 0 fully saturated rings. The van der Waals surface area contributed by atoms with Crippen LogP contribution in [0.3, 0.4) is 0 Å². The predicted molar refractivity (Wildman–Crippen MR) is 69.0 cm³/mol. The molecule has 0 spiro atoms. The van der Waals surface area contributed by atoms with E-state index in [9.17, 15) is 13.6 Å². The van der Waals surface area contributed by atoms with Crippen molar-refractivity contribution in [3.8, 4) is 5.75 Å². The largest absolute Gasteiger partial charge is 0.435 e. The highest BCUT2D eigenvalue weighted by molar-refractivity contribution is 6.03. The van der Waals surface area contributed by atoms with E-state index in [-0.39, 0.29) is 17.4 Å². The smallest absolute Gasteiger partial charge is 0.387 e. The Morgan fingerprint density at radius 1 is 1.40 bits per heavy atom. The van der Waals surface area contributed by atoms with Gasteiger partial charge in [0, 0.05) is 18.9 Å². The highest BCUT2D eigenvalue weighted by Gasteiger charge is 2.11.